The van der Waals surface area contributed by atoms with Gasteiger partial charge < -0.3 is 9.88 Å². The van der Waals surface area contributed by atoms with Crippen LogP contribution in [0.2, 0.25) is 0 Å². The standard InChI is InChI=1S/C16H18N2/c1-3-18-15-7-5-4-6-13(15)14-10-8-12(17-2)9-11-16(14)18/h4-9,11,17H,3,10H2,1-2H3. The molecular weight excluding hydrogens is 220 g/mol. The van der Waals surface area contributed by atoms with Crippen LogP contribution in [0.25, 0.3) is 17.0 Å². The molecule has 0 aliphatic heterocycles. The molecule has 1 aliphatic carbocycles. The molecule has 2 nitrogen and oxygen atoms in total. The molecule has 0 fully saturated rings. The second-order valence-electron chi connectivity index (χ2n) is 4.57. The highest BCUT2D eigenvalue weighted by molar-refractivity contribution is 5.89. The van der Waals surface area contributed by atoms with Gasteiger partial charge >= 0.3 is 0 Å². The lowest BCUT2D eigenvalue weighted by Crippen LogP contribution is -2.02. The Labute approximate surface area is 108 Å². The van der Waals surface area contributed by atoms with Crippen LogP contribution in [0.15, 0.2) is 42.1 Å². The summed E-state index contributed by atoms with van der Waals surface area (Å²) in [6.45, 7) is 3.22. The molecule has 1 aromatic heterocycles. The van der Waals surface area contributed by atoms with Crippen molar-refractivity contribution in [3.05, 3.63) is 53.4 Å². The van der Waals surface area contributed by atoms with Crippen molar-refractivity contribution in [1.82, 2.24) is 9.88 Å². The molecule has 2 heteroatoms. The van der Waals surface area contributed by atoms with E-state index in [1.807, 2.05) is 7.05 Å². The van der Waals surface area contributed by atoms with E-state index in [2.05, 4.69) is 59.3 Å². The molecule has 0 unspecified atom stereocenters. The lowest BCUT2D eigenvalue weighted by atomic mass is 10.1. The number of nitrogens with one attached hydrogen (secondary N) is 1. The maximum atomic E-state index is 3.22. The number of hydrogen-bond donors (Lipinski definition) is 1. The highest BCUT2D eigenvalue weighted by atomic mass is 15.0. The van der Waals surface area contributed by atoms with Crippen molar-refractivity contribution in [2.75, 3.05) is 7.05 Å². The second-order valence-corrected chi connectivity index (χ2v) is 4.57. The quantitative estimate of drug-likeness (QED) is 0.849. The number of benzene rings is 1. The first kappa shape index (κ1) is 11.1. The van der Waals surface area contributed by atoms with Crippen molar-refractivity contribution in [1.29, 1.82) is 0 Å². The average molecular weight is 238 g/mol. The molecule has 0 saturated heterocycles. The molecule has 2 aromatic rings. The zero-order valence-corrected chi connectivity index (χ0v) is 10.9. The van der Waals surface area contributed by atoms with E-state index in [-0.39, 0.29) is 0 Å². The van der Waals surface area contributed by atoms with Crippen LogP contribution in [0, 0.1) is 0 Å². The van der Waals surface area contributed by atoms with Crippen LogP contribution < -0.4 is 5.32 Å². The maximum Gasteiger partial charge on any atom is 0.0487 e. The van der Waals surface area contributed by atoms with Gasteiger partial charge in [-0.2, -0.15) is 0 Å². The number of rotatable bonds is 2. The van der Waals surface area contributed by atoms with Gasteiger partial charge in [0.05, 0.1) is 0 Å². The van der Waals surface area contributed by atoms with Crippen molar-refractivity contribution >= 4 is 17.0 Å². The minimum Gasteiger partial charge on any atom is -0.388 e. The summed E-state index contributed by atoms with van der Waals surface area (Å²) in [5, 5.41) is 4.60. The van der Waals surface area contributed by atoms with Gasteiger partial charge in [-0.3, -0.25) is 0 Å². The van der Waals surface area contributed by atoms with E-state index in [1.165, 1.54) is 27.9 Å². The highest BCUT2D eigenvalue weighted by Crippen LogP contribution is 2.29. The molecule has 0 amide bonds. The Hall–Kier alpha value is -1.96. The third-order valence-electron chi connectivity index (χ3n) is 3.67. The molecule has 1 N–H and O–H groups in total. The summed E-state index contributed by atoms with van der Waals surface area (Å²) in [6, 6.07) is 8.68. The lowest BCUT2D eigenvalue weighted by Gasteiger charge is -2.04. The number of nitrogens with zero attached hydrogens (tertiary/aromatic N) is 1. The zero-order chi connectivity index (χ0) is 12.5. The SMILES string of the molecule is CCn1c2c(c3ccccc31)CC=C(NC)C=C2. The van der Waals surface area contributed by atoms with Crippen LogP contribution in [-0.2, 0) is 13.0 Å². The van der Waals surface area contributed by atoms with Crippen LogP contribution in [0.1, 0.15) is 18.2 Å². The van der Waals surface area contributed by atoms with Crippen molar-refractivity contribution in [2.45, 2.75) is 19.9 Å². The minimum atomic E-state index is 0.992. The van der Waals surface area contributed by atoms with E-state index in [0.717, 1.165) is 13.0 Å². The summed E-state index contributed by atoms with van der Waals surface area (Å²) >= 11 is 0. The second kappa shape index (κ2) is 4.37. The molecule has 1 aliphatic rings. The normalized spacial score (nSPS) is 14.2. The fourth-order valence-corrected chi connectivity index (χ4v) is 2.77. The summed E-state index contributed by atoms with van der Waals surface area (Å²) in [5.74, 6) is 0. The molecule has 3 rings (SSSR count). The summed E-state index contributed by atoms with van der Waals surface area (Å²) in [5.41, 5.74) is 5.32. The Morgan fingerprint density at radius 2 is 2.06 bits per heavy atom. The molecule has 1 aromatic carbocycles. The number of fused-ring (bicyclic) bond motifs is 3. The van der Waals surface area contributed by atoms with Crippen molar-refractivity contribution < 1.29 is 0 Å². The van der Waals surface area contributed by atoms with Crippen molar-refractivity contribution in [2.24, 2.45) is 0 Å². The van der Waals surface area contributed by atoms with E-state index >= 15 is 0 Å². The zero-order valence-electron chi connectivity index (χ0n) is 10.9. The van der Waals surface area contributed by atoms with Crippen LogP contribution in [0.4, 0.5) is 0 Å². The van der Waals surface area contributed by atoms with Gasteiger partial charge in [-0.1, -0.05) is 24.3 Å². The van der Waals surface area contributed by atoms with E-state index < -0.39 is 0 Å². The summed E-state index contributed by atoms with van der Waals surface area (Å²) in [4.78, 5) is 0. The van der Waals surface area contributed by atoms with Gasteiger partial charge in [0, 0.05) is 35.9 Å². The average Bonchev–Trinajstić information content (AvgIpc) is 2.57. The summed E-state index contributed by atoms with van der Waals surface area (Å²) < 4.78 is 2.40. The number of allylic oxidation sites excluding steroid dienone is 2. The fraction of sp³-hybridized carbons (Fsp3) is 0.250. The number of para-hydroxylation sites is 1. The van der Waals surface area contributed by atoms with E-state index in [1.54, 1.807) is 0 Å². The first-order valence-electron chi connectivity index (χ1n) is 6.51. The van der Waals surface area contributed by atoms with Gasteiger partial charge in [0.1, 0.15) is 0 Å². The number of hydrogen-bond acceptors (Lipinski definition) is 1. The summed E-state index contributed by atoms with van der Waals surface area (Å²) in [7, 11) is 1.97. The first-order valence-corrected chi connectivity index (χ1v) is 6.51. The van der Waals surface area contributed by atoms with E-state index in [9.17, 15) is 0 Å². The van der Waals surface area contributed by atoms with Gasteiger partial charge in [0.15, 0.2) is 0 Å². The third kappa shape index (κ3) is 1.57. The van der Waals surface area contributed by atoms with Crippen LogP contribution >= 0.6 is 0 Å². The number of aromatic nitrogens is 1. The first-order chi connectivity index (χ1) is 8.85. The van der Waals surface area contributed by atoms with Gasteiger partial charge in [0.25, 0.3) is 0 Å². The molecule has 0 spiro atoms. The minimum absolute atomic E-state index is 0.992. The van der Waals surface area contributed by atoms with Crippen molar-refractivity contribution in [3.8, 4) is 0 Å². The topological polar surface area (TPSA) is 17.0 Å². The Kier molecular flexibility index (Phi) is 2.71. The van der Waals surface area contributed by atoms with Crippen LogP contribution in [-0.4, -0.2) is 11.6 Å². The molecule has 18 heavy (non-hydrogen) atoms. The molecule has 0 radical (unpaired) electrons. The van der Waals surface area contributed by atoms with Gasteiger partial charge in [0.2, 0.25) is 0 Å². The van der Waals surface area contributed by atoms with Gasteiger partial charge in [-0.15, -0.1) is 0 Å². The fourth-order valence-electron chi connectivity index (χ4n) is 2.77. The molecule has 1 heterocycles. The number of aryl methyl sites for hydroxylation is 1. The van der Waals surface area contributed by atoms with Crippen molar-refractivity contribution in [3.63, 3.8) is 0 Å². The molecule has 92 valence electrons. The third-order valence-corrected chi connectivity index (χ3v) is 3.67. The van der Waals surface area contributed by atoms with E-state index in [4.69, 9.17) is 0 Å². The number of likely N-dealkylation sites (N-methyl/N-ethyl adjacent to an activating group) is 1. The molecule has 0 bridgehead atoms. The Balaban J connectivity index is 2.27. The Bertz CT molecular complexity index is 644. The lowest BCUT2D eigenvalue weighted by molar-refractivity contribution is 0.786. The summed E-state index contributed by atoms with van der Waals surface area (Å²) in [6.07, 6.45) is 7.64. The smallest absolute Gasteiger partial charge is 0.0487 e. The predicted molar refractivity (Wildman–Crippen MR) is 77.5 cm³/mol. The largest absolute Gasteiger partial charge is 0.388 e. The molecule has 0 saturated carbocycles. The molecular formula is C16H18N2. The highest BCUT2D eigenvalue weighted by Gasteiger charge is 2.14. The Morgan fingerprint density at radius 1 is 1.22 bits per heavy atom. The predicted octanol–water partition coefficient (Wildman–Crippen LogP) is 3.33. The Morgan fingerprint density at radius 3 is 2.83 bits per heavy atom. The molecule has 0 atom stereocenters. The van der Waals surface area contributed by atoms with Gasteiger partial charge in [-0.05, 0) is 37.1 Å². The van der Waals surface area contributed by atoms with Crippen LogP contribution in [0.5, 0.6) is 0 Å². The maximum absolute atomic E-state index is 3.22. The van der Waals surface area contributed by atoms with Gasteiger partial charge in [-0.25, -0.2) is 0 Å². The monoisotopic (exact) mass is 238 g/mol. The van der Waals surface area contributed by atoms with Crippen LogP contribution in [0.3, 0.4) is 0 Å². The van der Waals surface area contributed by atoms with E-state index in [0.29, 0.717) is 0 Å².